The highest BCUT2D eigenvalue weighted by atomic mass is 15.5. The number of fused-ring (bicyclic) bond motifs is 2. The van der Waals surface area contributed by atoms with Crippen LogP contribution in [-0.4, -0.2) is 42.2 Å². The molecule has 74 valence electrons. The van der Waals surface area contributed by atoms with Crippen molar-refractivity contribution in [3.8, 4) is 0 Å². The van der Waals surface area contributed by atoms with E-state index in [1.807, 2.05) is 0 Å². The molecule has 3 rings (SSSR count). The van der Waals surface area contributed by atoms with Gasteiger partial charge in [-0.15, -0.1) is 0 Å². The molecular weight excluding hydrogens is 160 g/mol. The zero-order chi connectivity index (χ0) is 8.89. The van der Waals surface area contributed by atoms with Gasteiger partial charge in [0.2, 0.25) is 0 Å². The lowest BCUT2D eigenvalue weighted by Gasteiger charge is -2.39. The van der Waals surface area contributed by atoms with Gasteiger partial charge in [-0.1, -0.05) is 0 Å². The van der Waals surface area contributed by atoms with E-state index in [1.165, 1.54) is 49.8 Å². The van der Waals surface area contributed by atoms with E-state index in [2.05, 4.69) is 12.2 Å². The maximum atomic E-state index is 3.67. The standard InChI is InChI=1S/C11H21N2/c1-9-3-2-7-13(9)8-5-10-11(13)4-6-12-10/h9-12H,2-8H2,1H3/q+1/t9-,10?,11?,13?/m1/s1. The molecule has 0 saturated carbocycles. The van der Waals surface area contributed by atoms with E-state index < -0.39 is 0 Å². The van der Waals surface area contributed by atoms with Crippen molar-refractivity contribution in [3.63, 3.8) is 0 Å². The maximum Gasteiger partial charge on any atom is 0.106 e. The Morgan fingerprint density at radius 2 is 2.08 bits per heavy atom. The molecule has 0 aromatic rings. The molecule has 1 N–H and O–H groups in total. The van der Waals surface area contributed by atoms with Gasteiger partial charge in [0.05, 0.1) is 25.2 Å². The fourth-order valence-corrected chi connectivity index (χ4v) is 4.19. The molecule has 3 aliphatic heterocycles. The van der Waals surface area contributed by atoms with Crippen molar-refractivity contribution in [3.05, 3.63) is 0 Å². The number of nitrogens with one attached hydrogen (secondary N) is 1. The van der Waals surface area contributed by atoms with Crippen LogP contribution in [0.3, 0.4) is 0 Å². The second-order valence-electron chi connectivity index (χ2n) is 5.25. The van der Waals surface area contributed by atoms with E-state index in [4.69, 9.17) is 0 Å². The smallest absolute Gasteiger partial charge is 0.106 e. The summed E-state index contributed by atoms with van der Waals surface area (Å²) in [5, 5.41) is 3.67. The second kappa shape index (κ2) is 2.71. The Hall–Kier alpha value is -0.0800. The van der Waals surface area contributed by atoms with Crippen molar-refractivity contribution >= 4 is 0 Å². The fourth-order valence-electron chi connectivity index (χ4n) is 4.19. The average Bonchev–Trinajstić information content (AvgIpc) is 2.72. The third-order valence-electron chi connectivity index (χ3n) is 4.90. The lowest BCUT2D eigenvalue weighted by atomic mass is 10.1. The molecule has 2 heteroatoms. The topological polar surface area (TPSA) is 12.0 Å². The van der Waals surface area contributed by atoms with Crippen LogP contribution in [0, 0.1) is 0 Å². The first-order valence-electron chi connectivity index (χ1n) is 5.93. The van der Waals surface area contributed by atoms with Crippen LogP contribution in [0.1, 0.15) is 32.6 Å². The van der Waals surface area contributed by atoms with Crippen LogP contribution < -0.4 is 5.32 Å². The van der Waals surface area contributed by atoms with Crippen LogP contribution >= 0.6 is 0 Å². The van der Waals surface area contributed by atoms with Crippen molar-refractivity contribution in [2.45, 2.75) is 50.7 Å². The first-order chi connectivity index (χ1) is 6.33. The molecule has 2 nitrogen and oxygen atoms in total. The van der Waals surface area contributed by atoms with E-state index in [1.54, 1.807) is 0 Å². The van der Waals surface area contributed by atoms with Gasteiger partial charge in [-0.05, 0) is 6.92 Å². The van der Waals surface area contributed by atoms with Gasteiger partial charge in [0.1, 0.15) is 6.04 Å². The third kappa shape index (κ3) is 0.962. The maximum absolute atomic E-state index is 3.67. The Labute approximate surface area is 80.9 Å². The van der Waals surface area contributed by atoms with E-state index in [-0.39, 0.29) is 0 Å². The number of hydrogen-bond donors (Lipinski definition) is 1. The summed E-state index contributed by atoms with van der Waals surface area (Å²) in [6, 6.07) is 2.81. The SMILES string of the molecule is C[C@@H]1CCC[N+]12CCC1NCCC12. The van der Waals surface area contributed by atoms with E-state index in [0.29, 0.717) is 0 Å². The van der Waals surface area contributed by atoms with Gasteiger partial charge in [0, 0.05) is 32.2 Å². The highest BCUT2D eigenvalue weighted by Gasteiger charge is 2.54. The Balaban J connectivity index is 1.90. The van der Waals surface area contributed by atoms with E-state index >= 15 is 0 Å². The van der Waals surface area contributed by atoms with E-state index in [9.17, 15) is 0 Å². The first-order valence-corrected chi connectivity index (χ1v) is 5.93. The first kappa shape index (κ1) is 8.25. The van der Waals surface area contributed by atoms with Crippen LogP contribution in [0.25, 0.3) is 0 Å². The van der Waals surface area contributed by atoms with Crippen molar-refractivity contribution in [1.82, 2.24) is 5.32 Å². The molecule has 3 heterocycles. The zero-order valence-electron chi connectivity index (χ0n) is 8.63. The molecule has 1 spiro atoms. The van der Waals surface area contributed by atoms with Gasteiger partial charge in [0.25, 0.3) is 0 Å². The molecule has 13 heavy (non-hydrogen) atoms. The normalized spacial score (nSPS) is 54.7. The molecule has 3 aliphatic rings. The monoisotopic (exact) mass is 181 g/mol. The second-order valence-corrected chi connectivity index (χ2v) is 5.25. The summed E-state index contributed by atoms with van der Waals surface area (Å²) in [5.41, 5.74) is 0. The predicted molar refractivity (Wildman–Crippen MR) is 53.5 cm³/mol. The molecule has 0 bridgehead atoms. The summed E-state index contributed by atoms with van der Waals surface area (Å²) >= 11 is 0. The Kier molecular flexibility index (Phi) is 1.72. The van der Waals surface area contributed by atoms with Crippen LogP contribution in [0.5, 0.6) is 0 Å². The lowest BCUT2D eigenvalue weighted by Crippen LogP contribution is -2.55. The number of hydrogen-bond acceptors (Lipinski definition) is 1. The van der Waals surface area contributed by atoms with E-state index in [0.717, 1.165) is 18.1 Å². The van der Waals surface area contributed by atoms with Crippen LogP contribution in [0.4, 0.5) is 0 Å². The fraction of sp³-hybridized carbons (Fsp3) is 1.00. The van der Waals surface area contributed by atoms with Gasteiger partial charge < -0.3 is 9.80 Å². The summed E-state index contributed by atoms with van der Waals surface area (Å²) < 4.78 is 1.48. The van der Waals surface area contributed by atoms with Crippen LogP contribution in [-0.2, 0) is 0 Å². The number of quaternary nitrogens is 1. The minimum atomic E-state index is 0.876. The molecule has 0 amide bonds. The molecule has 0 aliphatic carbocycles. The van der Waals surface area contributed by atoms with Crippen molar-refractivity contribution in [2.24, 2.45) is 0 Å². The molecule has 0 aromatic heterocycles. The number of nitrogens with zero attached hydrogens (tertiary/aromatic N) is 1. The molecule has 0 aromatic carbocycles. The Bertz CT molecular complexity index is 216. The highest BCUT2D eigenvalue weighted by molar-refractivity contribution is 4.92. The van der Waals surface area contributed by atoms with Gasteiger partial charge in [-0.3, -0.25) is 0 Å². The number of rotatable bonds is 0. The van der Waals surface area contributed by atoms with Gasteiger partial charge in [-0.25, -0.2) is 0 Å². The predicted octanol–water partition coefficient (Wildman–Crippen LogP) is 1.12. The summed E-state index contributed by atoms with van der Waals surface area (Å²) in [7, 11) is 0. The van der Waals surface area contributed by atoms with Gasteiger partial charge in [0.15, 0.2) is 0 Å². The summed E-state index contributed by atoms with van der Waals surface area (Å²) in [6.45, 7) is 6.70. The molecule has 3 saturated heterocycles. The largest absolute Gasteiger partial charge is 0.318 e. The molecule has 0 radical (unpaired) electrons. The molecular formula is C11H21N2+. The lowest BCUT2D eigenvalue weighted by molar-refractivity contribution is -0.948. The third-order valence-corrected chi connectivity index (χ3v) is 4.90. The quantitative estimate of drug-likeness (QED) is 0.552. The summed E-state index contributed by atoms with van der Waals surface area (Å²) in [5.74, 6) is 0. The minimum absolute atomic E-state index is 0.876. The molecule has 3 unspecified atom stereocenters. The summed E-state index contributed by atoms with van der Waals surface area (Å²) in [6.07, 6.45) is 5.83. The zero-order valence-corrected chi connectivity index (χ0v) is 8.63. The minimum Gasteiger partial charge on any atom is -0.318 e. The van der Waals surface area contributed by atoms with Gasteiger partial charge >= 0.3 is 0 Å². The van der Waals surface area contributed by atoms with Crippen LogP contribution in [0.15, 0.2) is 0 Å². The Morgan fingerprint density at radius 1 is 1.15 bits per heavy atom. The summed E-state index contributed by atoms with van der Waals surface area (Å²) in [4.78, 5) is 0. The van der Waals surface area contributed by atoms with Crippen molar-refractivity contribution < 1.29 is 4.48 Å². The molecule has 3 fully saturated rings. The van der Waals surface area contributed by atoms with Gasteiger partial charge in [-0.2, -0.15) is 0 Å². The van der Waals surface area contributed by atoms with Crippen molar-refractivity contribution in [2.75, 3.05) is 19.6 Å². The highest BCUT2D eigenvalue weighted by Crippen LogP contribution is 2.40. The van der Waals surface area contributed by atoms with Crippen molar-refractivity contribution in [1.29, 1.82) is 0 Å². The van der Waals surface area contributed by atoms with Crippen LogP contribution in [0.2, 0.25) is 0 Å². The average molecular weight is 181 g/mol. The molecule has 4 atom stereocenters. The Morgan fingerprint density at radius 3 is 2.85 bits per heavy atom.